The number of carbonyl (C=O) groups is 1. The van der Waals surface area contributed by atoms with Crippen LogP contribution in [-0.2, 0) is 0 Å². The van der Waals surface area contributed by atoms with Crippen molar-refractivity contribution >= 4 is 11.5 Å². The zero-order valence-electron chi connectivity index (χ0n) is 9.68. The molecule has 0 aliphatic rings. The van der Waals surface area contributed by atoms with Crippen molar-refractivity contribution < 1.29 is 13.9 Å². The molecule has 0 amide bonds. The molecule has 18 heavy (non-hydrogen) atoms. The SMILES string of the molecule is COc1nccc(C(=O)c2ccccc2N)c1F. The number of pyridine rings is 1. The lowest BCUT2D eigenvalue weighted by atomic mass is 10.0. The first kappa shape index (κ1) is 12.0. The van der Waals surface area contributed by atoms with Gasteiger partial charge in [0.1, 0.15) is 0 Å². The van der Waals surface area contributed by atoms with Gasteiger partial charge in [-0.15, -0.1) is 0 Å². The molecule has 0 saturated heterocycles. The molecular weight excluding hydrogens is 235 g/mol. The summed E-state index contributed by atoms with van der Waals surface area (Å²) in [4.78, 5) is 15.8. The summed E-state index contributed by atoms with van der Waals surface area (Å²) >= 11 is 0. The predicted octanol–water partition coefficient (Wildman–Crippen LogP) is 2.04. The van der Waals surface area contributed by atoms with Gasteiger partial charge < -0.3 is 10.5 Å². The van der Waals surface area contributed by atoms with E-state index in [1.807, 2.05) is 0 Å². The van der Waals surface area contributed by atoms with E-state index in [1.165, 1.54) is 19.4 Å². The molecule has 1 aromatic carbocycles. The van der Waals surface area contributed by atoms with E-state index in [1.54, 1.807) is 24.3 Å². The normalized spacial score (nSPS) is 10.1. The number of ether oxygens (including phenoxy) is 1. The molecule has 1 aromatic heterocycles. The van der Waals surface area contributed by atoms with Gasteiger partial charge in [-0.05, 0) is 18.2 Å². The van der Waals surface area contributed by atoms with E-state index in [-0.39, 0.29) is 17.0 Å². The standard InChI is InChI=1S/C13H11FN2O2/c1-18-13-11(14)9(6-7-16-13)12(17)8-4-2-3-5-10(8)15/h2-7H,15H2,1H3. The molecule has 5 heteroatoms. The Morgan fingerprint density at radius 2 is 2.00 bits per heavy atom. The van der Waals surface area contributed by atoms with Crippen LogP contribution in [0.1, 0.15) is 15.9 Å². The molecule has 2 rings (SSSR count). The van der Waals surface area contributed by atoms with Gasteiger partial charge in [0.25, 0.3) is 5.88 Å². The average molecular weight is 246 g/mol. The topological polar surface area (TPSA) is 65.2 Å². The van der Waals surface area contributed by atoms with Crippen molar-refractivity contribution in [2.45, 2.75) is 0 Å². The summed E-state index contributed by atoms with van der Waals surface area (Å²) < 4.78 is 18.6. The second kappa shape index (κ2) is 4.83. The predicted molar refractivity (Wildman–Crippen MR) is 65.0 cm³/mol. The summed E-state index contributed by atoms with van der Waals surface area (Å²) in [5.74, 6) is -1.49. The molecule has 4 nitrogen and oxygen atoms in total. The van der Waals surface area contributed by atoms with Crippen molar-refractivity contribution in [1.82, 2.24) is 4.98 Å². The average Bonchev–Trinajstić information content (AvgIpc) is 2.39. The highest BCUT2D eigenvalue weighted by atomic mass is 19.1. The summed E-state index contributed by atoms with van der Waals surface area (Å²) in [5, 5.41) is 0. The Hall–Kier alpha value is -2.43. The molecular formula is C13H11FN2O2. The summed E-state index contributed by atoms with van der Waals surface area (Å²) in [6.45, 7) is 0. The number of nitrogens with zero attached hydrogens (tertiary/aromatic N) is 1. The first-order valence-electron chi connectivity index (χ1n) is 5.23. The highest BCUT2D eigenvalue weighted by molar-refractivity contribution is 6.12. The molecule has 0 unspecified atom stereocenters. The Morgan fingerprint density at radius 3 is 2.67 bits per heavy atom. The number of nitrogens with two attached hydrogens (primary N) is 1. The summed E-state index contributed by atoms with van der Waals surface area (Å²) in [6.07, 6.45) is 1.31. The van der Waals surface area contributed by atoms with Gasteiger partial charge in [0, 0.05) is 17.4 Å². The van der Waals surface area contributed by atoms with Gasteiger partial charge in [-0.2, -0.15) is 0 Å². The fourth-order valence-electron chi connectivity index (χ4n) is 1.59. The molecule has 2 N–H and O–H groups in total. The molecule has 0 fully saturated rings. The molecule has 0 bridgehead atoms. The zero-order chi connectivity index (χ0) is 13.1. The second-order valence-electron chi connectivity index (χ2n) is 3.60. The van der Waals surface area contributed by atoms with Crippen LogP contribution in [0.2, 0.25) is 0 Å². The number of benzene rings is 1. The number of aromatic nitrogens is 1. The third-order valence-corrected chi connectivity index (χ3v) is 2.50. The van der Waals surface area contributed by atoms with E-state index >= 15 is 0 Å². The minimum Gasteiger partial charge on any atom is -0.479 e. The van der Waals surface area contributed by atoms with Gasteiger partial charge in [0.05, 0.1) is 12.7 Å². The van der Waals surface area contributed by atoms with Crippen LogP contribution < -0.4 is 10.5 Å². The minimum absolute atomic E-state index is 0.111. The van der Waals surface area contributed by atoms with Crippen LogP contribution in [0.5, 0.6) is 5.88 Å². The van der Waals surface area contributed by atoms with E-state index in [4.69, 9.17) is 10.5 Å². The summed E-state index contributed by atoms with van der Waals surface area (Å²) in [5.41, 5.74) is 6.14. The minimum atomic E-state index is -0.784. The van der Waals surface area contributed by atoms with Crippen LogP contribution in [0.15, 0.2) is 36.5 Å². The van der Waals surface area contributed by atoms with Crippen LogP contribution in [0.4, 0.5) is 10.1 Å². The van der Waals surface area contributed by atoms with E-state index in [2.05, 4.69) is 4.98 Å². The first-order chi connectivity index (χ1) is 8.65. The summed E-state index contributed by atoms with van der Waals surface area (Å²) in [7, 11) is 1.29. The lowest BCUT2D eigenvalue weighted by molar-refractivity contribution is 0.103. The number of hydrogen-bond acceptors (Lipinski definition) is 4. The van der Waals surface area contributed by atoms with Gasteiger partial charge in [-0.3, -0.25) is 4.79 Å². The highest BCUT2D eigenvalue weighted by Crippen LogP contribution is 2.22. The monoisotopic (exact) mass is 246 g/mol. The first-order valence-corrected chi connectivity index (χ1v) is 5.23. The van der Waals surface area contributed by atoms with Crippen molar-refractivity contribution in [3.05, 3.63) is 53.5 Å². The number of hydrogen-bond donors (Lipinski definition) is 1. The second-order valence-corrected chi connectivity index (χ2v) is 3.60. The molecule has 2 aromatic rings. The van der Waals surface area contributed by atoms with Gasteiger partial charge in [0.2, 0.25) is 0 Å². The molecule has 0 saturated carbocycles. The summed E-state index contributed by atoms with van der Waals surface area (Å²) in [6, 6.07) is 7.80. The molecule has 0 radical (unpaired) electrons. The lowest BCUT2D eigenvalue weighted by Gasteiger charge is -2.07. The number of methoxy groups -OCH3 is 1. The maximum atomic E-state index is 13.9. The highest BCUT2D eigenvalue weighted by Gasteiger charge is 2.19. The van der Waals surface area contributed by atoms with Crippen LogP contribution in [0, 0.1) is 5.82 Å². The Morgan fingerprint density at radius 1 is 1.28 bits per heavy atom. The Kier molecular flexibility index (Phi) is 3.23. The quantitative estimate of drug-likeness (QED) is 0.664. The number of ketones is 1. The van der Waals surface area contributed by atoms with Gasteiger partial charge in [0.15, 0.2) is 11.6 Å². The van der Waals surface area contributed by atoms with Gasteiger partial charge in [-0.25, -0.2) is 9.37 Å². The molecule has 0 atom stereocenters. The van der Waals surface area contributed by atoms with Gasteiger partial charge in [-0.1, -0.05) is 12.1 Å². The maximum Gasteiger partial charge on any atom is 0.250 e. The third-order valence-electron chi connectivity index (χ3n) is 2.50. The fourth-order valence-corrected chi connectivity index (χ4v) is 1.59. The van der Waals surface area contributed by atoms with Crippen molar-refractivity contribution in [3.63, 3.8) is 0 Å². The number of anilines is 1. The van der Waals surface area contributed by atoms with E-state index in [0.717, 1.165) is 0 Å². The molecule has 0 aliphatic heterocycles. The number of rotatable bonds is 3. The van der Waals surface area contributed by atoms with Gasteiger partial charge >= 0.3 is 0 Å². The van der Waals surface area contributed by atoms with Crippen molar-refractivity contribution in [2.75, 3.05) is 12.8 Å². The third kappa shape index (κ3) is 2.02. The van der Waals surface area contributed by atoms with Crippen LogP contribution in [-0.4, -0.2) is 17.9 Å². The van der Waals surface area contributed by atoms with E-state index in [0.29, 0.717) is 5.69 Å². The Bertz CT molecular complexity index is 599. The van der Waals surface area contributed by atoms with E-state index in [9.17, 15) is 9.18 Å². The molecule has 0 aliphatic carbocycles. The molecule has 0 spiro atoms. The van der Waals surface area contributed by atoms with Crippen LogP contribution >= 0.6 is 0 Å². The lowest BCUT2D eigenvalue weighted by Crippen LogP contribution is -2.08. The number of para-hydroxylation sites is 1. The van der Waals surface area contributed by atoms with Crippen LogP contribution in [0.3, 0.4) is 0 Å². The van der Waals surface area contributed by atoms with Crippen LogP contribution in [0.25, 0.3) is 0 Å². The van der Waals surface area contributed by atoms with Crippen molar-refractivity contribution in [3.8, 4) is 5.88 Å². The zero-order valence-corrected chi connectivity index (χ0v) is 9.68. The number of carbonyl (C=O) groups excluding carboxylic acids is 1. The fraction of sp³-hybridized carbons (Fsp3) is 0.0769. The smallest absolute Gasteiger partial charge is 0.250 e. The van der Waals surface area contributed by atoms with Crippen molar-refractivity contribution in [1.29, 1.82) is 0 Å². The Labute approximate surface area is 103 Å². The molecule has 1 heterocycles. The number of halogens is 1. The molecule has 92 valence electrons. The largest absolute Gasteiger partial charge is 0.479 e. The maximum absolute atomic E-state index is 13.9. The van der Waals surface area contributed by atoms with Crippen molar-refractivity contribution in [2.24, 2.45) is 0 Å². The Balaban J connectivity index is 2.50. The number of nitrogen functional groups attached to an aromatic ring is 1. The van der Waals surface area contributed by atoms with E-state index < -0.39 is 11.6 Å².